The molecule has 0 aliphatic carbocycles. The van der Waals surface area contributed by atoms with Gasteiger partial charge in [0, 0.05) is 11.6 Å². The van der Waals surface area contributed by atoms with Gasteiger partial charge >= 0.3 is 5.69 Å². The van der Waals surface area contributed by atoms with E-state index in [0.717, 1.165) is 18.2 Å². The maximum atomic E-state index is 13.2. The van der Waals surface area contributed by atoms with Gasteiger partial charge in [0.25, 0.3) is 6.43 Å². The van der Waals surface area contributed by atoms with Crippen molar-refractivity contribution >= 4 is 5.69 Å². The number of nitrogens with zero attached hydrogens (tertiary/aromatic N) is 1. The van der Waals surface area contributed by atoms with Gasteiger partial charge in [-0.3, -0.25) is 10.1 Å². The van der Waals surface area contributed by atoms with E-state index >= 15 is 0 Å². The molecule has 1 atom stereocenters. The lowest BCUT2D eigenvalue weighted by molar-refractivity contribution is -0.387. The number of halogens is 3. The van der Waals surface area contributed by atoms with E-state index in [1.54, 1.807) is 0 Å². The molecule has 1 unspecified atom stereocenters. The van der Waals surface area contributed by atoms with Crippen molar-refractivity contribution in [3.63, 3.8) is 0 Å². The fraction of sp³-hybridized carbons (Fsp3) is 0.250. The van der Waals surface area contributed by atoms with Crippen LogP contribution in [0.15, 0.2) is 18.2 Å². The second-order valence-corrected chi connectivity index (χ2v) is 2.72. The molecule has 82 valence electrons. The Morgan fingerprint density at radius 1 is 1.40 bits per heavy atom. The van der Waals surface area contributed by atoms with E-state index in [-0.39, 0.29) is 0 Å². The molecule has 4 nitrogen and oxygen atoms in total. The second-order valence-electron chi connectivity index (χ2n) is 2.72. The van der Waals surface area contributed by atoms with Crippen LogP contribution in [-0.2, 0) is 0 Å². The number of alkyl halides is 2. The van der Waals surface area contributed by atoms with E-state index in [2.05, 4.69) is 0 Å². The lowest BCUT2D eigenvalue weighted by atomic mass is 10.1. The molecule has 0 aliphatic heterocycles. The SMILES string of the molecule is O=[N+]([O-])c1cccc(C(O)C(F)F)c1F. The highest BCUT2D eigenvalue weighted by Gasteiger charge is 2.27. The fourth-order valence-electron chi connectivity index (χ4n) is 1.04. The Kier molecular flexibility index (Phi) is 3.25. The van der Waals surface area contributed by atoms with Crippen LogP contribution >= 0.6 is 0 Å². The third-order valence-corrected chi connectivity index (χ3v) is 1.76. The van der Waals surface area contributed by atoms with Crippen LogP contribution in [0.25, 0.3) is 0 Å². The summed E-state index contributed by atoms with van der Waals surface area (Å²) in [6.45, 7) is 0. The average molecular weight is 221 g/mol. The monoisotopic (exact) mass is 221 g/mol. The van der Waals surface area contributed by atoms with Gasteiger partial charge in [0.15, 0.2) is 0 Å². The van der Waals surface area contributed by atoms with E-state index < -0.39 is 34.5 Å². The summed E-state index contributed by atoms with van der Waals surface area (Å²) in [5, 5.41) is 19.1. The molecular weight excluding hydrogens is 215 g/mol. The first-order valence-corrected chi connectivity index (χ1v) is 3.84. The summed E-state index contributed by atoms with van der Waals surface area (Å²) in [5.74, 6) is -1.43. The lowest BCUT2D eigenvalue weighted by Crippen LogP contribution is -2.11. The highest BCUT2D eigenvalue weighted by atomic mass is 19.3. The quantitative estimate of drug-likeness (QED) is 0.627. The third kappa shape index (κ3) is 2.24. The Balaban J connectivity index is 3.21. The number of nitro benzene ring substituents is 1. The summed E-state index contributed by atoms with van der Waals surface area (Å²) < 4.78 is 37.3. The van der Waals surface area contributed by atoms with Crippen LogP contribution in [0, 0.1) is 15.9 Å². The Morgan fingerprint density at radius 3 is 2.47 bits per heavy atom. The van der Waals surface area contributed by atoms with Crippen molar-refractivity contribution in [2.75, 3.05) is 0 Å². The first kappa shape index (κ1) is 11.4. The molecule has 7 heteroatoms. The summed E-state index contributed by atoms with van der Waals surface area (Å²) in [4.78, 5) is 9.22. The first-order valence-electron chi connectivity index (χ1n) is 3.84. The number of aliphatic hydroxyl groups excluding tert-OH is 1. The normalized spacial score (nSPS) is 12.9. The van der Waals surface area contributed by atoms with Gasteiger partial charge in [-0.15, -0.1) is 0 Å². The Bertz CT molecular complexity index is 383. The molecule has 0 spiro atoms. The molecule has 0 aromatic heterocycles. The number of hydrogen-bond donors (Lipinski definition) is 1. The molecular formula is C8H6F3NO3. The van der Waals surface area contributed by atoms with Crippen molar-refractivity contribution in [3.05, 3.63) is 39.7 Å². The lowest BCUT2D eigenvalue weighted by Gasteiger charge is -2.10. The van der Waals surface area contributed by atoms with Gasteiger partial charge in [0.2, 0.25) is 5.82 Å². The number of hydrogen-bond acceptors (Lipinski definition) is 3. The van der Waals surface area contributed by atoms with Crippen molar-refractivity contribution in [2.24, 2.45) is 0 Å². The molecule has 1 aromatic carbocycles. The molecule has 0 saturated carbocycles. The van der Waals surface area contributed by atoms with E-state index in [1.807, 2.05) is 0 Å². The molecule has 0 heterocycles. The highest BCUT2D eigenvalue weighted by Crippen LogP contribution is 2.28. The van der Waals surface area contributed by atoms with Crippen molar-refractivity contribution < 1.29 is 23.2 Å². The van der Waals surface area contributed by atoms with Crippen LogP contribution in [0.4, 0.5) is 18.9 Å². The average Bonchev–Trinajstić information content (AvgIpc) is 2.16. The molecule has 1 aromatic rings. The summed E-state index contributed by atoms with van der Waals surface area (Å²) in [5.41, 5.74) is -1.72. The van der Waals surface area contributed by atoms with Crippen molar-refractivity contribution in [1.29, 1.82) is 0 Å². The molecule has 0 bridgehead atoms. The predicted octanol–water partition coefficient (Wildman–Crippen LogP) is 2.03. The molecule has 0 aliphatic rings. The van der Waals surface area contributed by atoms with Crippen LogP contribution in [0.2, 0.25) is 0 Å². The van der Waals surface area contributed by atoms with E-state index in [9.17, 15) is 23.3 Å². The Labute approximate surface area is 82.1 Å². The topological polar surface area (TPSA) is 63.4 Å². The number of aliphatic hydroxyl groups is 1. The van der Waals surface area contributed by atoms with E-state index in [1.165, 1.54) is 0 Å². The highest BCUT2D eigenvalue weighted by molar-refractivity contribution is 5.37. The van der Waals surface area contributed by atoms with Gasteiger partial charge in [-0.05, 0) is 0 Å². The number of nitro groups is 1. The minimum absolute atomic E-state index is 0.779. The van der Waals surface area contributed by atoms with Crippen molar-refractivity contribution in [3.8, 4) is 0 Å². The van der Waals surface area contributed by atoms with Crippen LogP contribution < -0.4 is 0 Å². The summed E-state index contributed by atoms with van der Waals surface area (Å²) in [7, 11) is 0. The molecule has 0 saturated heterocycles. The van der Waals surface area contributed by atoms with Crippen LogP contribution in [-0.4, -0.2) is 16.5 Å². The van der Waals surface area contributed by atoms with Crippen molar-refractivity contribution in [2.45, 2.75) is 12.5 Å². The van der Waals surface area contributed by atoms with Gasteiger partial charge in [0.1, 0.15) is 6.10 Å². The minimum Gasteiger partial charge on any atom is -0.382 e. The zero-order valence-corrected chi connectivity index (χ0v) is 7.23. The van der Waals surface area contributed by atoms with Gasteiger partial charge < -0.3 is 5.11 Å². The van der Waals surface area contributed by atoms with Gasteiger partial charge in [0.05, 0.1) is 4.92 Å². The molecule has 0 radical (unpaired) electrons. The Morgan fingerprint density at radius 2 is 2.00 bits per heavy atom. The van der Waals surface area contributed by atoms with Crippen LogP contribution in [0.1, 0.15) is 11.7 Å². The Hall–Kier alpha value is -1.63. The largest absolute Gasteiger partial charge is 0.382 e. The summed E-state index contributed by atoms with van der Waals surface area (Å²) in [6.07, 6.45) is -5.55. The van der Waals surface area contributed by atoms with Crippen molar-refractivity contribution in [1.82, 2.24) is 0 Å². The van der Waals surface area contributed by atoms with Gasteiger partial charge in [-0.2, -0.15) is 4.39 Å². The number of benzene rings is 1. The number of rotatable bonds is 3. The standard InChI is InChI=1S/C8H6F3NO3/c9-6-4(7(13)8(10)11)2-1-3-5(6)12(14)15/h1-3,7-8,13H. The van der Waals surface area contributed by atoms with E-state index in [0.29, 0.717) is 0 Å². The molecule has 1 N–H and O–H groups in total. The zero-order chi connectivity index (χ0) is 11.6. The third-order valence-electron chi connectivity index (χ3n) is 1.76. The van der Waals surface area contributed by atoms with Gasteiger partial charge in [-0.25, -0.2) is 8.78 Å². The zero-order valence-electron chi connectivity index (χ0n) is 7.23. The molecule has 0 amide bonds. The van der Waals surface area contributed by atoms with Crippen LogP contribution in [0.5, 0.6) is 0 Å². The molecule has 15 heavy (non-hydrogen) atoms. The van der Waals surface area contributed by atoms with Crippen LogP contribution in [0.3, 0.4) is 0 Å². The maximum Gasteiger partial charge on any atom is 0.305 e. The summed E-state index contributed by atoms with van der Waals surface area (Å²) >= 11 is 0. The summed E-state index contributed by atoms with van der Waals surface area (Å²) in [6, 6.07) is 2.73. The molecule has 1 rings (SSSR count). The fourth-order valence-corrected chi connectivity index (χ4v) is 1.04. The van der Waals surface area contributed by atoms with E-state index in [4.69, 9.17) is 5.11 Å². The van der Waals surface area contributed by atoms with Gasteiger partial charge in [-0.1, -0.05) is 12.1 Å². The smallest absolute Gasteiger partial charge is 0.305 e. The predicted molar refractivity (Wildman–Crippen MR) is 44.0 cm³/mol. The molecule has 0 fully saturated rings. The second kappa shape index (κ2) is 4.26. The maximum absolute atomic E-state index is 13.2. The first-order chi connectivity index (χ1) is 6.95. The minimum atomic E-state index is -3.19.